The third-order valence-electron chi connectivity index (χ3n) is 2.40. The Morgan fingerprint density at radius 2 is 1.79 bits per heavy atom. The van der Waals surface area contributed by atoms with Gasteiger partial charge in [0.25, 0.3) is 11.8 Å². The Morgan fingerprint density at radius 1 is 1.21 bits per heavy atom. The minimum absolute atomic E-state index is 0.00629. The molecule has 0 aliphatic heterocycles. The van der Waals surface area contributed by atoms with Crippen molar-refractivity contribution in [3.8, 4) is 0 Å². The quantitative estimate of drug-likeness (QED) is 0.572. The Balaban J connectivity index is 3.27. The zero-order valence-corrected chi connectivity index (χ0v) is 11.5. The van der Waals surface area contributed by atoms with Crippen LogP contribution in [0.4, 0.5) is 5.82 Å². The number of rotatable bonds is 6. The molecule has 3 amide bonds. The van der Waals surface area contributed by atoms with E-state index in [9.17, 15) is 14.4 Å². The number of anilines is 1. The molecule has 0 saturated heterocycles. The number of aromatic nitrogens is 1. The van der Waals surface area contributed by atoms with E-state index in [0.717, 1.165) is 0 Å². The lowest BCUT2D eigenvalue weighted by atomic mass is 10.1. The molecular formula is C11H16N4O3S. The minimum atomic E-state index is -0.822. The summed E-state index contributed by atoms with van der Waals surface area (Å²) in [7, 11) is 0. The Kier molecular flexibility index (Phi) is 4.99. The molecule has 1 heterocycles. The van der Waals surface area contributed by atoms with Gasteiger partial charge in [0, 0.05) is 6.42 Å². The van der Waals surface area contributed by atoms with Gasteiger partial charge in [0.15, 0.2) is 0 Å². The van der Waals surface area contributed by atoms with Crippen molar-refractivity contribution in [1.82, 2.24) is 4.98 Å². The lowest BCUT2D eigenvalue weighted by molar-refractivity contribution is -0.116. The number of hydrogen-bond acceptors (Lipinski definition) is 4. The van der Waals surface area contributed by atoms with Crippen molar-refractivity contribution >= 4 is 35.3 Å². The van der Waals surface area contributed by atoms with Gasteiger partial charge in [-0.3, -0.25) is 14.4 Å². The number of hydrogen-bond donors (Lipinski definition) is 4. The zero-order valence-electron chi connectivity index (χ0n) is 10.7. The molecule has 0 fully saturated rings. The molecule has 104 valence electrons. The van der Waals surface area contributed by atoms with E-state index in [1.165, 1.54) is 11.8 Å². The van der Waals surface area contributed by atoms with Gasteiger partial charge in [0.1, 0.15) is 5.82 Å². The van der Waals surface area contributed by atoms with Gasteiger partial charge in [-0.2, -0.15) is 0 Å². The third-order valence-corrected chi connectivity index (χ3v) is 3.12. The second kappa shape index (κ2) is 6.28. The average Bonchev–Trinajstić information content (AvgIpc) is 2.67. The van der Waals surface area contributed by atoms with Gasteiger partial charge in [0.05, 0.1) is 16.2 Å². The molecule has 0 radical (unpaired) electrons. The average molecular weight is 284 g/mol. The third kappa shape index (κ3) is 3.28. The van der Waals surface area contributed by atoms with Gasteiger partial charge in [-0.15, -0.1) is 11.8 Å². The van der Waals surface area contributed by atoms with E-state index in [1.54, 1.807) is 6.26 Å². The molecule has 0 spiro atoms. The molecule has 19 heavy (non-hydrogen) atoms. The summed E-state index contributed by atoms with van der Waals surface area (Å²) in [4.78, 5) is 37.2. The van der Waals surface area contributed by atoms with Crippen LogP contribution in [-0.2, 0) is 4.79 Å². The predicted molar refractivity (Wildman–Crippen MR) is 73.1 cm³/mol. The van der Waals surface area contributed by atoms with Crippen LogP contribution in [0.5, 0.6) is 0 Å². The van der Waals surface area contributed by atoms with Gasteiger partial charge < -0.3 is 21.8 Å². The first-order valence-electron chi connectivity index (χ1n) is 5.61. The Morgan fingerprint density at radius 3 is 2.21 bits per heavy atom. The Labute approximate surface area is 114 Å². The molecule has 0 bridgehead atoms. The first-order chi connectivity index (χ1) is 8.92. The van der Waals surface area contributed by atoms with Crippen molar-refractivity contribution < 1.29 is 14.4 Å². The van der Waals surface area contributed by atoms with Crippen LogP contribution in [-0.4, -0.2) is 29.0 Å². The SMILES string of the molecule is CCCC(=O)Nc1[nH]c(SC)c(C(N)=O)c1C(N)=O. The number of H-pyrrole nitrogens is 1. The van der Waals surface area contributed by atoms with E-state index in [-0.39, 0.29) is 22.9 Å². The molecule has 0 unspecified atom stereocenters. The molecule has 1 rings (SSSR count). The highest BCUT2D eigenvalue weighted by molar-refractivity contribution is 7.98. The fourth-order valence-electron chi connectivity index (χ4n) is 1.63. The maximum absolute atomic E-state index is 11.6. The molecule has 0 aliphatic rings. The van der Waals surface area contributed by atoms with Gasteiger partial charge in [-0.05, 0) is 12.7 Å². The number of nitrogens with two attached hydrogens (primary N) is 2. The summed E-state index contributed by atoms with van der Waals surface area (Å²) in [6.45, 7) is 1.85. The highest BCUT2D eigenvalue weighted by Gasteiger charge is 2.25. The van der Waals surface area contributed by atoms with Crippen molar-refractivity contribution in [2.45, 2.75) is 24.8 Å². The first-order valence-corrected chi connectivity index (χ1v) is 6.84. The molecule has 7 nitrogen and oxygen atoms in total. The van der Waals surface area contributed by atoms with Crippen LogP contribution in [0.2, 0.25) is 0 Å². The van der Waals surface area contributed by atoms with Crippen molar-refractivity contribution in [1.29, 1.82) is 0 Å². The molecule has 0 atom stereocenters. The lowest BCUT2D eigenvalue weighted by Gasteiger charge is -2.04. The molecule has 0 aromatic carbocycles. The normalized spacial score (nSPS) is 10.2. The number of amides is 3. The fraction of sp³-hybridized carbons (Fsp3) is 0.364. The standard InChI is InChI=1S/C11H16N4O3S/c1-3-4-5(16)14-10-6(8(12)17)7(9(13)18)11(15-10)19-2/h15H,3-4H2,1-2H3,(H2,12,17)(H2,13,18)(H,14,16). The van der Waals surface area contributed by atoms with Gasteiger partial charge in [-0.25, -0.2) is 0 Å². The number of aromatic amines is 1. The van der Waals surface area contributed by atoms with Crippen molar-refractivity contribution in [3.05, 3.63) is 11.1 Å². The number of carbonyl (C=O) groups is 3. The molecular weight excluding hydrogens is 268 g/mol. The molecule has 0 aliphatic carbocycles. The highest BCUT2D eigenvalue weighted by Crippen LogP contribution is 2.29. The fourth-order valence-corrected chi connectivity index (χ4v) is 2.25. The van der Waals surface area contributed by atoms with E-state index < -0.39 is 11.8 Å². The highest BCUT2D eigenvalue weighted by atomic mass is 32.2. The van der Waals surface area contributed by atoms with Crippen molar-refractivity contribution in [2.24, 2.45) is 11.5 Å². The van der Waals surface area contributed by atoms with Gasteiger partial charge in [-0.1, -0.05) is 6.92 Å². The summed E-state index contributed by atoms with van der Waals surface area (Å²) in [5.74, 6) is -1.75. The monoisotopic (exact) mass is 284 g/mol. The van der Waals surface area contributed by atoms with E-state index >= 15 is 0 Å². The minimum Gasteiger partial charge on any atom is -0.365 e. The summed E-state index contributed by atoms with van der Waals surface area (Å²) in [6, 6.07) is 0. The Bertz CT molecular complexity index is 524. The molecule has 8 heteroatoms. The van der Waals surface area contributed by atoms with Crippen LogP contribution >= 0.6 is 11.8 Å². The number of primary amides is 2. The van der Waals surface area contributed by atoms with Gasteiger partial charge in [0.2, 0.25) is 5.91 Å². The summed E-state index contributed by atoms with van der Waals surface area (Å²) in [5, 5.41) is 2.92. The zero-order chi connectivity index (χ0) is 14.6. The number of nitrogens with one attached hydrogen (secondary N) is 2. The molecule has 1 aromatic rings. The second-order valence-electron chi connectivity index (χ2n) is 3.81. The summed E-state index contributed by atoms with van der Waals surface area (Å²) >= 11 is 1.20. The van der Waals surface area contributed by atoms with E-state index in [4.69, 9.17) is 11.5 Å². The number of carbonyl (C=O) groups excluding carboxylic acids is 3. The number of thioether (sulfide) groups is 1. The van der Waals surface area contributed by atoms with Crippen molar-refractivity contribution in [3.63, 3.8) is 0 Å². The maximum atomic E-state index is 11.6. The van der Waals surface area contributed by atoms with Crippen LogP contribution in [0.1, 0.15) is 40.5 Å². The predicted octanol–water partition coefficient (Wildman–Crippen LogP) is 0.673. The van der Waals surface area contributed by atoms with Crippen LogP contribution in [0, 0.1) is 0 Å². The van der Waals surface area contributed by atoms with Crippen LogP contribution in [0.25, 0.3) is 0 Å². The largest absolute Gasteiger partial charge is 0.365 e. The lowest BCUT2D eigenvalue weighted by Crippen LogP contribution is -2.21. The summed E-state index contributed by atoms with van der Waals surface area (Å²) < 4.78 is 0. The summed E-state index contributed by atoms with van der Waals surface area (Å²) in [5.41, 5.74) is 10.4. The van der Waals surface area contributed by atoms with E-state index in [1.807, 2.05) is 6.92 Å². The first kappa shape index (κ1) is 15.1. The molecule has 6 N–H and O–H groups in total. The van der Waals surface area contributed by atoms with E-state index in [0.29, 0.717) is 17.9 Å². The smallest absolute Gasteiger partial charge is 0.253 e. The second-order valence-corrected chi connectivity index (χ2v) is 4.63. The van der Waals surface area contributed by atoms with Crippen molar-refractivity contribution in [2.75, 3.05) is 11.6 Å². The summed E-state index contributed by atoms with van der Waals surface area (Å²) in [6.07, 6.45) is 2.68. The molecule has 1 aromatic heterocycles. The van der Waals surface area contributed by atoms with Crippen LogP contribution in [0.15, 0.2) is 5.03 Å². The van der Waals surface area contributed by atoms with Crippen LogP contribution in [0.3, 0.4) is 0 Å². The van der Waals surface area contributed by atoms with Gasteiger partial charge >= 0.3 is 0 Å². The van der Waals surface area contributed by atoms with E-state index in [2.05, 4.69) is 10.3 Å². The van der Waals surface area contributed by atoms with Crippen LogP contribution < -0.4 is 16.8 Å². The topological polar surface area (TPSA) is 131 Å². The molecule has 0 saturated carbocycles. The Hall–Kier alpha value is -1.96. The maximum Gasteiger partial charge on any atom is 0.253 e.